The van der Waals surface area contributed by atoms with Crippen LogP contribution in [0.15, 0.2) is 12.1 Å². The first-order valence-electron chi connectivity index (χ1n) is 5.24. The summed E-state index contributed by atoms with van der Waals surface area (Å²) in [5.41, 5.74) is -1.88. The van der Waals surface area contributed by atoms with Crippen molar-refractivity contribution in [2.24, 2.45) is 0 Å². The van der Waals surface area contributed by atoms with Crippen LogP contribution in [0.4, 0.5) is 13.2 Å². The van der Waals surface area contributed by atoms with Crippen molar-refractivity contribution in [3.8, 4) is 5.88 Å². The first-order chi connectivity index (χ1) is 8.19. The van der Waals surface area contributed by atoms with Gasteiger partial charge in [-0.15, -0.1) is 0 Å². The van der Waals surface area contributed by atoms with Crippen LogP contribution in [0.3, 0.4) is 0 Å². The van der Waals surface area contributed by atoms with Crippen molar-refractivity contribution in [2.45, 2.75) is 25.6 Å². The zero-order chi connectivity index (χ0) is 13.6. The summed E-state index contributed by atoms with van der Waals surface area (Å²) in [5, 5.41) is 2.56. The maximum Gasteiger partial charge on any atom is 0.433 e. The molecule has 2 heterocycles. The molecule has 0 radical (unpaired) electrons. The summed E-state index contributed by atoms with van der Waals surface area (Å²) < 4.78 is 42.9. The summed E-state index contributed by atoms with van der Waals surface area (Å²) >= 11 is 0. The number of halogens is 3. The Morgan fingerprint density at radius 3 is 2.67 bits per heavy atom. The third-order valence-electron chi connectivity index (χ3n) is 2.44. The second-order valence-corrected chi connectivity index (χ2v) is 4.59. The van der Waals surface area contributed by atoms with Gasteiger partial charge in [0.25, 0.3) is 5.91 Å². The van der Waals surface area contributed by atoms with Crippen molar-refractivity contribution in [2.75, 3.05) is 6.54 Å². The van der Waals surface area contributed by atoms with E-state index in [2.05, 4.69) is 10.3 Å². The lowest BCUT2D eigenvalue weighted by molar-refractivity contribution is -0.141. The van der Waals surface area contributed by atoms with E-state index in [1.54, 1.807) is 13.8 Å². The fourth-order valence-corrected chi connectivity index (χ4v) is 1.54. The molecule has 0 saturated heterocycles. The Morgan fingerprint density at radius 2 is 2.06 bits per heavy atom. The lowest BCUT2D eigenvalue weighted by Crippen LogP contribution is -2.39. The minimum Gasteiger partial charge on any atom is -0.469 e. The average molecular weight is 260 g/mol. The van der Waals surface area contributed by atoms with E-state index in [1.165, 1.54) is 0 Å². The van der Waals surface area contributed by atoms with E-state index in [0.717, 1.165) is 12.1 Å². The lowest BCUT2D eigenvalue weighted by atomic mass is 10.1. The third-order valence-corrected chi connectivity index (χ3v) is 2.44. The number of alkyl halides is 3. The van der Waals surface area contributed by atoms with Gasteiger partial charge in [-0.1, -0.05) is 0 Å². The number of hydrogen-bond acceptors (Lipinski definition) is 3. The van der Waals surface area contributed by atoms with Gasteiger partial charge in [-0.05, 0) is 26.0 Å². The first-order valence-corrected chi connectivity index (χ1v) is 5.24. The van der Waals surface area contributed by atoms with E-state index in [1.807, 2.05) is 0 Å². The van der Waals surface area contributed by atoms with Crippen molar-refractivity contribution >= 4 is 5.91 Å². The number of carbonyl (C=O) groups is 1. The van der Waals surface area contributed by atoms with Crippen LogP contribution in [0.25, 0.3) is 0 Å². The summed E-state index contributed by atoms with van der Waals surface area (Å²) in [4.78, 5) is 15.0. The number of ether oxygens (including phenoxy) is 1. The topological polar surface area (TPSA) is 51.2 Å². The molecule has 1 aliphatic rings. The van der Waals surface area contributed by atoms with E-state index in [9.17, 15) is 18.0 Å². The molecule has 1 aliphatic heterocycles. The Bertz CT molecular complexity index is 498. The van der Waals surface area contributed by atoms with Crippen LogP contribution >= 0.6 is 0 Å². The monoisotopic (exact) mass is 260 g/mol. The minimum absolute atomic E-state index is 0.00794. The van der Waals surface area contributed by atoms with Gasteiger partial charge in [0, 0.05) is 0 Å². The van der Waals surface area contributed by atoms with Crippen LogP contribution < -0.4 is 10.1 Å². The number of hydrogen-bond donors (Lipinski definition) is 1. The summed E-state index contributed by atoms with van der Waals surface area (Å²) in [6.45, 7) is 3.51. The standard InChI is InChI=1S/C11H11F3N2O2/c1-10(2)5-15-8(17)6-3-4-7(11(12,13)14)16-9(6)18-10/h3-4H,5H2,1-2H3,(H,15,17). The maximum absolute atomic E-state index is 12.5. The summed E-state index contributed by atoms with van der Waals surface area (Å²) in [6.07, 6.45) is -4.56. The van der Waals surface area contributed by atoms with Crippen LogP contribution in [-0.4, -0.2) is 23.0 Å². The molecular weight excluding hydrogens is 249 g/mol. The van der Waals surface area contributed by atoms with E-state index in [-0.39, 0.29) is 18.0 Å². The highest BCUT2D eigenvalue weighted by Gasteiger charge is 2.36. The molecule has 0 saturated carbocycles. The Labute approximate surface area is 101 Å². The van der Waals surface area contributed by atoms with Crippen LogP contribution in [-0.2, 0) is 6.18 Å². The number of nitrogens with one attached hydrogen (secondary N) is 1. The first kappa shape index (κ1) is 12.7. The molecule has 0 spiro atoms. The van der Waals surface area contributed by atoms with Crippen molar-refractivity contribution < 1.29 is 22.7 Å². The van der Waals surface area contributed by atoms with Gasteiger partial charge in [0.15, 0.2) is 0 Å². The summed E-state index contributed by atoms with van der Waals surface area (Å²) in [7, 11) is 0. The Hall–Kier alpha value is -1.79. The maximum atomic E-state index is 12.5. The largest absolute Gasteiger partial charge is 0.469 e. The summed E-state index contributed by atoms with van der Waals surface area (Å²) in [6, 6.07) is 1.84. The number of carbonyl (C=O) groups excluding carboxylic acids is 1. The Kier molecular flexibility index (Phi) is 2.71. The van der Waals surface area contributed by atoms with Gasteiger partial charge < -0.3 is 10.1 Å². The third kappa shape index (κ3) is 2.39. The molecule has 0 bridgehead atoms. The molecule has 2 rings (SSSR count). The molecule has 0 unspecified atom stereocenters. The van der Waals surface area contributed by atoms with Crippen LogP contribution in [0.1, 0.15) is 29.9 Å². The molecule has 0 fully saturated rings. The van der Waals surface area contributed by atoms with Gasteiger partial charge in [0.05, 0.1) is 6.54 Å². The van der Waals surface area contributed by atoms with E-state index in [0.29, 0.717) is 0 Å². The molecule has 0 aromatic carbocycles. The normalized spacial score (nSPS) is 18.4. The molecule has 1 aromatic rings. The summed E-state index contributed by atoms with van der Waals surface area (Å²) in [5.74, 6) is -0.776. The fourth-order valence-electron chi connectivity index (χ4n) is 1.54. The van der Waals surface area contributed by atoms with Gasteiger partial charge in [0.2, 0.25) is 5.88 Å². The van der Waals surface area contributed by atoms with Crippen LogP contribution in [0.2, 0.25) is 0 Å². The van der Waals surface area contributed by atoms with Gasteiger partial charge in [0.1, 0.15) is 16.9 Å². The zero-order valence-electron chi connectivity index (χ0n) is 9.76. The van der Waals surface area contributed by atoms with Crippen LogP contribution in [0.5, 0.6) is 5.88 Å². The van der Waals surface area contributed by atoms with Crippen molar-refractivity contribution in [1.29, 1.82) is 0 Å². The van der Waals surface area contributed by atoms with E-state index < -0.39 is 23.4 Å². The van der Waals surface area contributed by atoms with E-state index in [4.69, 9.17) is 4.74 Å². The molecule has 0 atom stereocenters. The number of amides is 1. The molecule has 18 heavy (non-hydrogen) atoms. The Morgan fingerprint density at radius 1 is 1.39 bits per heavy atom. The molecule has 1 amide bonds. The molecule has 1 N–H and O–H groups in total. The molecule has 1 aromatic heterocycles. The second kappa shape index (κ2) is 3.86. The predicted octanol–water partition coefficient (Wildman–Crippen LogP) is 2.00. The van der Waals surface area contributed by atoms with Gasteiger partial charge >= 0.3 is 6.18 Å². The quantitative estimate of drug-likeness (QED) is 0.776. The average Bonchev–Trinajstić information content (AvgIpc) is 2.34. The van der Waals surface area contributed by atoms with Gasteiger partial charge in [-0.3, -0.25) is 4.79 Å². The number of aromatic nitrogens is 1. The zero-order valence-corrected chi connectivity index (χ0v) is 9.76. The predicted molar refractivity (Wildman–Crippen MR) is 56.3 cm³/mol. The smallest absolute Gasteiger partial charge is 0.433 e. The minimum atomic E-state index is -4.56. The highest BCUT2D eigenvalue weighted by Crippen LogP contribution is 2.32. The molecular formula is C11H11F3N2O2. The number of pyridine rings is 1. The van der Waals surface area contributed by atoms with Crippen molar-refractivity contribution in [3.63, 3.8) is 0 Å². The molecule has 7 heteroatoms. The highest BCUT2D eigenvalue weighted by molar-refractivity contribution is 5.96. The Balaban J connectivity index is 2.50. The molecule has 98 valence electrons. The lowest BCUT2D eigenvalue weighted by Gasteiger charge is -2.23. The highest BCUT2D eigenvalue weighted by atomic mass is 19.4. The SMILES string of the molecule is CC1(C)CNC(=O)c2ccc(C(F)(F)F)nc2O1. The van der Waals surface area contributed by atoms with Gasteiger partial charge in [-0.2, -0.15) is 13.2 Å². The van der Waals surface area contributed by atoms with Crippen molar-refractivity contribution in [3.05, 3.63) is 23.4 Å². The second-order valence-electron chi connectivity index (χ2n) is 4.59. The molecule has 4 nitrogen and oxygen atoms in total. The van der Waals surface area contributed by atoms with Crippen molar-refractivity contribution in [1.82, 2.24) is 10.3 Å². The fraction of sp³-hybridized carbons (Fsp3) is 0.455. The number of fused-ring (bicyclic) bond motifs is 1. The van der Waals surface area contributed by atoms with Crippen LogP contribution in [0, 0.1) is 0 Å². The molecule has 0 aliphatic carbocycles. The van der Waals surface area contributed by atoms with Gasteiger partial charge in [-0.25, -0.2) is 4.98 Å². The van der Waals surface area contributed by atoms with E-state index >= 15 is 0 Å². The number of nitrogens with zero attached hydrogens (tertiary/aromatic N) is 1. The number of rotatable bonds is 0.